The second-order valence-electron chi connectivity index (χ2n) is 3.06. The van der Waals surface area contributed by atoms with Crippen molar-refractivity contribution in [1.82, 2.24) is 9.13 Å². The number of nitrogens with two attached hydrogens (primary N) is 1. The van der Waals surface area contributed by atoms with Crippen LogP contribution in [0.15, 0.2) is 21.9 Å². The lowest BCUT2D eigenvalue weighted by Gasteiger charge is -2.08. The zero-order valence-electron chi connectivity index (χ0n) is 8.68. The number of rotatable bonds is 5. The van der Waals surface area contributed by atoms with E-state index >= 15 is 0 Å². The van der Waals surface area contributed by atoms with Crippen LogP contribution in [0.5, 0.6) is 0 Å². The lowest BCUT2D eigenvalue weighted by Crippen LogP contribution is -2.40. The van der Waals surface area contributed by atoms with E-state index in [9.17, 15) is 9.59 Å². The Morgan fingerprint density at radius 1 is 1.40 bits per heavy atom. The van der Waals surface area contributed by atoms with Crippen LogP contribution in [0, 0.1) is 0 Å². The van der Waals surface area contributed by atoms with E-state index in [1.54, 1.807) is 7.11 Å². The van der Waals surface area contributed by atoms with Gasteiger partial charge in [0.15, 0.2) is 0 Å². The fourth-order valence-corrected chi connectivity index (χ4v) is 1.25. The summed E-state index contributed by atoms with van der Waals surface area (Å²) in [7, 11) is 1.56. The summed E-state index contributed by atoms with van der Waals surface area (Å²) in [6, 6.07) is 1.35. The molecule has 0 amide bonds. The number of hydrogen-bond acceptors (Lipinski definition) is 4. The van der Waals surface area contributed by atoms with Crippen molar-refractivity contribution in [2.24, 2.45) is 5.73 Å². The van der Waals surface area contributed by atoms with Crippen LogP contribution in [-0.4, -0.2) is 29.4 Å². The first-order valence-corrected chi connectivity index (χ1v) is 4.70. The van der Waals surface area contributed by atoms with Crippen molar-refractivity contribution in [2.45, 2.75) is 13.1 Å². The predicted molar refractivity (Wildman–Crippen MR) is 55.9 cm³/mol. The molecular formula is C9H15N3O3. The van der Waals surface area contributed by atoms with E-state index in [2.05, 4.69) is 0 Å². The third kappa shape index (κ3) is 2.77. The summed E-state index contributed by atoms with van der Waals surface area (Å²) in [5.74, 6) is 0. The van der Waals surface area contributed by atoms with Gasteiger partial charge in [-0.05, 0) is 0 Å². The Morgan fingerprint density at radius 2 is 2.13 bits per heavy atom. The molecular weight excluding hydrogens is 198 g/mol. The maximum absolute atomic E-state index is 11.7. The van der Waals surface area contributed by atoms with E-state index in [4.69, 9.17) is 10.5 Å². The Hall–Kier alpha value is -1.40. The van der Waals surface area contributed by atoms with E-state index in [-0.39, 0.29) is 24.3 Å². The van der Waals surface area contributed by atoms with Gasteiger partial charge < -0.3 is 10.5 Å². The summed E-state index contributed by atoms with van der Waals surface area (Å²) in [4.78, 5) is 23.0. The Kier molecular flexibility index (Phi) is 4.26. The highest BCUT2D eigenvalue weighted by Crippen LogP contribution is 1.80. The van der Waals surface area contributed by atoms with Gasteiger partial charge in [0.2, 0.25) is 0 Å². The smallest absolute Gasteiger partial charge is 0.331 e. The second-order valence-corrected chi connectivity index (χ2v) is 3.06. The van der Waals surface area contributed by atoms with Crippen LogP contribution in [0.3, 0.4) is 0 Å². The first kappa shape index (κ1) is 11.7. The van der Waals surface area contributed by atoms with Crippen molar-refractivity contribution in [3.05, 3.63) is 33.1 Å². The van der Waals surface area contributed by atoms with Gasteiger partial charge in [0.1, 0.15) is 0 Å². The Labute approximate surface area is 86.9 Å². The molecule has 6 heteroatoms. The van der Waals surface area contributed by atoms with Crippen molar-refractivity contribution in [3.63, 3.8) is 0 Å². The molecule has 1 rings (SSSR count). The maximum atomic E-state index is 11.7. The summed E-state index contributed by atoms with van der Waals surface area (Å²) in [6.07, 6.45) is 1.47. The highest BCUT2D eigenvalue weighted by atomic mass is 16.5. The van der Waals surface area contributed by atoms with Gasteiger partial charge in [-0.2, -0.15) is 0 Å². The molecule has 84 valence electrons. The minimum atomic E-state index is -0.343. The zero-order valence-corrected chi connectivity index (χ0v) is 8.68. The largest absolute Gasteiger partial charge is 0.383 e. The van der Waals surface area contributed by atoms with Crippen LogP contribution < -0.4 is 17.0 Å². The van der Waals surface area contributed by atoms with Gasteiger partial charge in [0.25, 0.3) is 5.56 Å². The fraction of sp³-hybridized carbons (Fsp3) is 0.556. The average molecular weight is 213 g/mol. The Morgan fingerprint density at radius 3 is 2.73 bits per heavy atom. The molecule has 0 spiro atoms. The summed E-state index contributed by atoms with van der Waals surface area (Å²) in [5.41, 5.74) is 4.65. The molecule has 1 aromatic heterocycles. The molecule has 0 radical (unpaired) electrons. The van der Waals surface area contributed by atoms with E-state index in [1.807, 2.05) is 0 Å². The van der Waals surface area contributed by atoms with Crippen LogP contribution in [0.25, 0.3) is 0 Å². The molecule has 2 N–H and O–H groups in total. The molecule has 0 aliphatic rings. The Balaban J connectivity index is 3.05. The summed E-state index contributed by atoms with van der Waals surface area (Å²) in [6.45, 7) is 1.37. The molecule has 0 aliphatic heterocycles. The van der Waals surface area contributed by atoms with Crippen LogP contribution in [0.2, 0.25) is 0 Å². The minimum absolute atomic E-state index is 0.242. The molecule has 0 bridgehead atoms. The number of aromatic nitrogens is 2. The van der Waals surface area contributed by atoms with Crippen molar-refractivity contribution < 1.29 is 4.74 Å². The van der Waals surface area contributed by atoms with Gasteiger partial charge in [-0.25, -0.2) is 4.79 Å². The molecule has 15 heavy (non-hydrogen) atoms. The van der Waals surface area contributed by atoms with Gasteiger partial charge in [-0.1, -0.05) is 0 Å². The molecule has 0 aromatic carbocycles. The van der Waals surface area contributed by atoms with Crippen molar-refractivity contribution >= 4 is 0 Å². The predicted octanol–water partition coefficient (Wildman–Crippen LogP) is -1.38. The van der Waals surface area contributed by atoms with Crippen molar-refractivity contribution in [2.75, 3.05) is 20.3 Å². The molecule has 0 saturated heterocycles. The van der Waals surface area contributed by atoms with Gasteiger partial charge in [0, 0.05) is 32.5 Å². The monoisotopic (exact) mass is 213 g/mol. The zero-order chi connectivity index (χ0) is 11.3. The number of hydrogen-bond donors (Lipinski definition) is 1. The van der Waals surface area contributed by atoms with Crippen LogP contribution >= 0.6 is 0 Å². The third-order valence-electron chi connectivity index (χ3n) is 2.03. The lowest BCUT2D eigenvalue weighted by atomic mass is 10.5. The summed E-state index contributed by atoms with van der Waals surface area (Å²) >= 11 is 0. The molecule has 1 heterocycles. The summed E-state index contributed by atoms with van der Waals surface area (Å²) in [5, 5.41) is 0. The van der Waals surface area contributed by atoms with Crippen molar-refractivity contribution in [3.8, 4) is 0 Å². The average Bonchev–Trinajstić information content (AvgIpc) is 2.23. The van der Waals surface area contributed by atoms with E-state index in [0.29, 0.717) is 13.2 Å². The topological polar surface area (TPSA) is 79.2 Å². The first-order valence-electron chi connectivity index (χ1n) is 4.70. The molecule has 0 aliphatic carbocycles. The lowest BCUT2D eigenvalue weighted by molar-refractivity contribution is 0.185. The van der Waals surface area contributed by atoms with E-state index in [1.165, 1.54) is 16.8 Å². The normalized spacial score (nSPS) is 10.5. The fourth-order valence-electron chi connectivity index (χ4n) is 1.25. The maximum Gasteiger partial charge on any atom is 0.331 e. The van der Waals surface area contributed by atoms with E-state index in [0.717, 1.165) is 4.57 Å². The van der Waals surface area contributed by atoms with Crippen LogP contribution in [0.4, 0.5) is 0 Å². The molecule has 0 fully saturated rings. The molecule has 1 aromatic rings. The van der Waals surface area contributed by atoms with Crippen LogP contribution in [0.1, 0.15) is 0 Å². The van der Waals surface area contributed by atoms with Crippen molar-refractivity contribution in [1.29, 1.82) is 0 Å². The molecule has 0 saturated carbocycles. The van der Waals surface area contributed by atoms with Gasteiger partial charge in [-0.3, -0.25) is 13.9 Å². The van der Waals surface area contributed by atoms with E-state index < -0.39 is 0 Å². The summed E-state index contributed by atoms with van der Waals surface area (Å²) < 4.78 is 7.41. The first-order chi connectivity index (χ1) is 7.20. The SMILES string of the molecule is COCCn1ccc(=O)n(CCN)c1=O. The number of methoxy groups -OCH3 is 1. The van der Waals surface area contributed by atoms with Gasteiger partial charge >= 0.3 is 5.69 Å². The van der Waals surface area contributed by atoms with Crippen LogP contribution in [-0.2, 0) is 17.8 Å². The minimum Gasteiger partial charge on any atom is -0.383 e. The Bertz CT molecular complexity index is 421. The quantitative estimate of drug-likeness (QED) is 0.653. The van der Waals surface area contributed by atoms with Gasteiger partial charge in [0.05, 0.1) is 13.2 Å². The van der Waals surface area contributed by atoms with Gasteiger partial charge in [-0.15, -0.1) is 0 Å². The number of nitrogens with zero attached hydrogens (tertiary/aromatic N) is 2. The highest BCUT2D eigenvalue weighted by molar-refractivity contribution is 4.86. The standard InChI is InChI=1S/C9H15N3O3/c1-15-7-6-11-4-2-8(13)12(5-3-10)9(11)14/h2,4H,3,5-7,10H2,1H3. The second kappa shape index (κ2) is 5.47. The number of ether oxygens (including phenoxy) is 1. The highest BCUT2D eigenvalue weighted by Gasteiger charge is 2.03. The molecule has 0 unspecified atom stereocenters. The third-order valence-corrected chi connectivity index (χ3v) is 2.03. The molecule has 0 atom stereocenters. The molecule has 6 nitrogen and oxygen atoms in total.